The first-order valence-electron chi connectivity index (χ1n) is 3.27. The molecule has 0 aliphatic carbocycles. The highest BCUT2D eigenvalue weighted by Gasteiger charge is 2.51. The van der Waals surface area contributed by atoms with E-state index in [1.54, 1.807) is 0 Å². The fourth-order valence-electron chi connectivity index (χ4n) is 1.08. The Balaban J connectivity index is 2.97. The summed E-state index contributed by atoms with van der Waals surface area (Å²) in [7, 11) is 0. The standard InChI is InChI=1S/C6H7NO5/c8-3-1-2-6(7-3,4(9)10)5(11)12/h1-2H2,(H,7,8)(H,9,10)(H,11,12). The summed E-state index contributed by atoms with van der Waals surface area (Å²) >= 11 is 0. The van der Waals surface area contributed by atoms with Crippen molar-refractivity contribution in [2.24, 2.45) is 0 Å². The van der Waals surface area contributed by atoms with Crippen LogP contribution in [-0.2, 0) is 14.4 Å². The maximum Gasteiger partial charge on any atom is 0.341 e. The fourth-order valence-corrected chi connectivity index (χ4v) is 1.08. The molecule has 0 spiro atoms. The van der Waals surface area contributed by atoms with Gasteiger partial charge in [-0.2, -0.15) is 0 Å². The fraction of sp³-hybridized carbons (Fsp3) is 0.500. The van der Waals surface area contributed by atoms with Gasteiger partial charge in [-0.25, -0.2) is 9.59 Å². The highest BCUT2D eigenvalue weighted by Crippen LogP contribution is 2.20. The number of carboxylic acids is 2. The third-order valence-corrected chi connectivity index (χ3v) is 1.81. The average Bonchev–Trinajstić information content (AvgIpc) is 2.32. The van der Waals surface area contributed by atoms with Gasteiger partial charge < -0.3 is 15.5 Å². The molecule has 1 fully saturated rings. The molecule has 0 aromatic heterocycles. The first-order valence-corrected chi connectivity index (χ1v) is 3.27. The Morgan fingerprint density at radius 1 is 1.33 bits per heavy atom. The largest absolute Gasteiger partial charge is 0.479 e. The van der Waals surface area contributed by atoms with Crippen LogP contribution in [0.15, 0.2) is 0 Å². The number of amides is 1. The number of aliphatic carboxylic acids is 2. The van der Waals surface area contributed by atoms with Crippen molar-refractivity contribution in [2.45, 2.75) is 18.4 Å². The number of hydrogen-bond acceptors (Lipinski definition) is 3. The molecule has 6 heteroatoms. The zero-order chi connectivity index (χ0) is 9.35. The Hall–Kier alpha value is -1.59. The van der Waals surface area contributed by atoms with Crippen LogP contribution in [-0.4, -0.2) is 33.6 Å². The van der Waals surface area contributed by atoms with Crippen LogP contribution < -0.4 is 5.32 Å². The van der Waals surface area contributed by atoms with Gasteiger partial charge >= 0.3 is 11.9 Å². The van der Waals surface area contributed by atoms with E-state index in [1.165, 1.54) is 0 Å². The lowest BCUT2D eigenvalue weighted by Gasteiger charge is -2.17. The normalized spacial score (nSPS) is 20.2. The monoisotopic (exact) mass is 173 g/mol. The zero-order valence-electron chi connectivity index (χ0n) is 6.03. The molecule has 66 valence electrons. The minimum absolute atomic E-state index is 0.0569. The van der Waals surface area contributed by atoms with Gasteiger partial charge in [0.25, 0.3) is 0 Å². The predicted molar refractivity (Wildman–Crippen MR) is 35.4 cm³/mol. The van der Waals surface area contributed by atoms with E-state index < -0.39 is 23.4 Å². The van der Waals surface area contributed by atoms with Crippen LogP contribution in [0.1, 0.15) is 12.8 Å². The molecule has 0 unspecified atom stereocenters. The number of rotatable bonds is 2. The molecule has 0 radical (unpaired) electrons. The summed E-state index contributed by atoms with van der Waals surface area (Å²) in [4.78, 5) is 31.7. The van der Waals surface area contributed by atoms with E-state index in [4.69, 9.17) is 10.2 Å². The first kappa shape index (κ1) is 8.51. The maximum absolute atomic E-state index is 10.6. The van der Waals surface area contributed by atoms with Crippen molar-refractivity contribution in [1.82, 2.24) is 5.32 Å². The molecule has 0 aromatic rings. The molecule has 1 aliphatic rings. The molecule has 6 nitrogen and oxygen atoms in total. The molecule has 0 bridgehead atoms. The third-order valence-electron chi connectivity index (χ3n) is 1.81. The van der Waals surface area contributed by atoms with Gasteiger partial charge in [0.15, 0.2) is 0 Å². The molecule has 1 amide bonds. The second-order valence-electron chi connectivity index (χ2n) is 2.56. The summed E-state index contributed by atoms with van der Waals surface area (Å²) in [6, 6.07) is 0. The van der Waals surface area contributed by atoms with Gasteiger partial charge in [-0.3, -0.25) is 4.79 Å². The predicted octanol–water partition coefficient (Wildman–Crippen LogP) is -1.20. The summed E-state index contributed by atoms with van der Waals surface area (Å²) in [5.41, 5.74) is -2.10. The average molecular weight is 173 g/mol. The summed E-state index contributed by atoms with van der Waals surface area (Å²) in [5, 5.41) is 19.0. The van der Waals surface area contributed by atoms with Crippen LogP contribution in [0.4, 0.5) is 0 Å². The van der Waals surface area contributed by atoms with Gasteiger partial charge in [0.05, 0.1) is 0 Å². The number of carbonyl (C=O) groups is 3. The maximum atomic E-state index is 10.6. The van der Waals surface area contributed by atoms with Gasteiger partial charge in [-0.15, -0.1) is 0 Å². The molecule has 1 heterocycles. The van der Waals surface area contributed by atoms with E-state index in [0.717, 1.165) is 0 Å². The molecule has 1 aliphatic heterocycles. The van der Waals surface area contributed by atoms with Crippen LogP contribution >= 0.6 is 0 Å². The SMILES string of the molecule is O=C1CCC(C(=O)O)(C(=O)O)N1. The van der Waals surface area contributed by atoms with Crippen molar-refractivity contribution in [3.05, 3.63) is 0 Å². The van der Waals surface area contributed by atoms with Crippen LogP contribution in [0.2, 0.25) is 0 Å². The number of carbonyl (C=O) groups excluding carboxylic acids is 1. The van der Waals surface area contributed by atoms with Crippen LogP contribution in [0.3, 0.4) is 0 Å². The summed E-state index contributed by atoms with van der Waals surface area (Å²) in [6.45, 7) is 0. The minimum atomic E-state index is -2.10. The van der Waals surface area contributed by atoms with Gasteiger partial charge in [0.1, 0.15) is 0 Å². The van der Waals surface area contributed by atoms with Crippen LogP contribution in [0.25, 0.3) is 0 Å². The van der Waals surface area contributed by atoms with Crippen LogP contribution in [0, 0.1) is 0 Å². The molecular weight excluding hydrogens is 166 g/mol. The van der Waals surface area contributed by atoms with Crippen molar-refractivity contribution in [3.63, 3.8) is 0 Å². The number of nitrogens with one attached hydrogen (secondary N) is 1. The van der Waals surface area contributed by atoms with Crippen molar-refractivity contribution in [2.75, 3.05) is 0 Å². The Bertz CT molecular complexity index is 245. The lowest BCUT2D eigenvalue weighted by Crippen LogP contribution is -2.55. The summed E-state index contributed by atoms with van der Waals surface area (Å²) in [6.07, 6.45) is -0.255. The smallest absolute Gasteiger partial charge is 0.341 e. The Kier molecular flexibility index (Phi) is 1.75. The highest BCUT2D eigenvalue weighted by atomic mass is 16.4. The van der Waals surface area contributed by atoms with E-state index in [2.05, 4.69) is 0 Å². The topological polar surface area (TPSA) is 104 Å². The van der Waals surface area contributed by atoms with E-state index in [1.807, 2.05) is 5.32 Å². The van der Waals surface area contributed by atoms with Crippen molar-refractivity contribution in [3.8, 4) is 0 Å². The van der Waals surface area contributed by atoms with Gasteiger partial charge in [-0.1, -0.05) is 0 Å². The minimum Gasteiger partial charge on any atom is -0.479 e. The number of carboxylic acid groups (broad SMARTS) is 2. The van der Waals surface area contributed by atoms with E-state index in [9.17, 15) is 14.4 Å². The van der Waals surface area contributed by atoms with E-state index >= 15 is 0 Å². The van der Waals surface area contributed by atoms with Crippen molar-refractivity contribution >= 4 is 17.8 Å². The number of hydrogen-bond donors (Lipinski definition) is 3. The molecule has 1 rings (SSSR count). The van der Waals surface area contributed by atoms with Crippen molar-refractivity contribution < 1.29 is 24.6 Å². The quantitative estimate of drug-likeness (QED) is 0.455. The molecule has 0 atom stereocenters. The lowest BCUT2D eigenvalue weighted by atomic mass is 9.98. The molecular formula is C6H7NO5. The van der Waals surface area contributed by atoms with Gasteiger partial charge in [0, 0.05) is 12.8 Å². The second kappa shape index (κ2) is 2.47. The Morgan fingerprint density at radius 2 is 1.83 bits per heavy atom. The Labute approximate surface area is 67.2 Å². The summed E-state index contributed by atoms with van der Waals surface area (Å²) in [5.74, 6) is -3.60. The van der Waals surface area contributed by atoms with Crippen molar-refractivity contribution in [1.29, 1.82) is 0 Å². The summed E-state index contributed by atoms with van der Waals surface area (Å²) < 4.78 is 0. The molecule has 1 saturated heterocycles. The van der Waals surface area contributed by atoms with Gasteiger partial charge in [0.2, 0.25) is 11.4 Å². The zero-order valence-corrected chi connectivity index (χ0v) is 6.03. The second-order valence-corrected chi connectivity index (χ2v) is 2.56. The van der Waals surface area contributed by atoms with Gasteiger partial charge in [-0.05, 0) is 0 Å². The molecule has 3 N–H and O–H groups in total. The third kappa shape index (κ3) is 1.01. The molecule has 0 aromatic carbocycles. The van der Waals surface area contributed by atoms with E-state index in [-0.39, 0.29) is 12.8 Å². The highest BCUT2D eigenvalue weighted by molar-refractivity contribution is 6.08. The van der Waals surface area contributed by atoms with E-state index in [0.29, 0.717) is 0 Å². The lowest BCUT2D eigenvalue weighted by molar-refractivity contribution is -0.159. The molecule has 0 saturated carbocycles. The Morgan fingerprint density at radius 3 is 2.00 bits per heavy atom. The first-order chi connectivity index (χ1) is 5.49. The van der Waals surface area contributed by atoms with Crippen LogP contribution in [0.5, 0.6) is 0 Å². The molecule has 12 heavy (non-hydrogen) atoms.